The van der Waals surface area contributed by atoms with Gasteiger partial charge in [-0.05, 0) is 43.2 Å². The molecule has 0 atom stereocenters. The zero-order chi connectivity index (χ0) is 24.7. The topological polar surface area (TPSA) is 129 Å². The summed E-state index contributed by atoms with van der Waals surface area (Å²) in [4.78, 5) is 42.8. The van der Waals surface area contributed by atoms with Crippen molar-refractivity contribution in [1.82, 2.24) is 25.0 Å². The van der Waals surface area contributed by atoms with E-state index in [0.29, 0.717) is 48.6 Å². The lowest BCUT2D eigenvalue weighted by Crippen LogP contribution is -2.42. The molecular weight excluding hydrogens is 479 g/mol. The van der Waals surface area contributed by atoms with Gasteiger partial charge in [-0.3, -0.25) is 14.5 Å². The van der Waals surface area contributed by atoms with Crippen LogP contribution in [0.5, 0.6) is 0 Å². The minimum absolute atomic E-state index is 0.0721. The van der Waals surface area contributed by atoms with E-state index in [4.69, 9.17) is 16.7 Å². The lowest BCUT2D eigenvalue weighted by Gasteiger charge is -2.28. The third-order valence-corrected chi connectivity index (χ3v) is 6.47. The van der Waals surface area contributed by atoms with E-state index >= 15 is 0 Å². The summed E-state index contributed by atoms with van der Waals surface area (Å²) >= 11 is 5.79. The Bertz CT molecular complexity index is 1340. The van der Waals surface area contributed by atoms with Crippen LogP contribution < -0.4 is 10.6 Å². The maximum absolute atomic E-state index is 13.4. The maximum Gasteiger partial charge on any atom is 0.337 e. The van der Waals surface area contributed by atoms with Gasteiger partial charge in [-0.25, -0.2) is 14.0 Å². The lowest BCUT2D eigenvalue weighted by atomic mass is 10.1. The summed E-state index contributed by atoms with van der Waals surface area (Å²) in [6.45, 7) is 0.936. The highest BCUT2D eigenvalue weighted by atomic mass is 35.5. The monoisotopic (exact) mass is 498 g/mol. The number of nitrogens with zero attached hydrogens (tertiary/aromatic N) is 4. The first-order chi connectivity index (χ1) is 16.8. The Labute approximate surface area is 203 Å². The molecule has 0 bridgehead atoms. The Morgan fingerprint density at radius 1 is 1.11 bits per heavy atom. The summed E-state index contributed by atoms with van der Waals surface area (Å²) in [5, 5.41) is 19.0. The van der Waals surface area contributed by atoms with Gasteiger partial charge in [-0.1, -0.05) is 11.6 Å². The number of carboxylic acids is 1. The molecule has 12 heteroatoms. The second kappa shape index (κ2) is 8.66. The summed E-state index contributed by atoms with van der Waals surface area (Å²) in [6.07, 6.45) is 4.10. The van der Waals surface area contributed by atoms with Crippen molar-refractivity contribution in [3.8, 4) is 0 Å². The van der Waals surface area contributed by atoms with Gasteiger partial charge in [-0.15, -0.1) is 0 Å². The first-order valence-electron chi connectivity index (χ1n) is 10.8. The smallest absolute Gasteiger partial charge is 0.337 e. The maximum atomic E-state index is 13.4. The van der Waals surface area contributed by atoms with E-state index < -0.39 is 23.4 Å². The number of hydrogen-bond acceptors (Lipinski definition) is 5. The average molecular weight is 499 g/mol. The molecular formula is C23H20ClFN6O4. The number of fused-ring (bicyclic) bond motifs is 1. The summed E-state index contributed by atoms with van der Waals surface area (Å²) in [5.74, 6) is -2.00. The van der Waals surface area contributed by atoms with Gasteiger partial charge in [0, 0.05) is 18.4 Å². The van der Waals surface area contributed by atoms with Crippen LogP contribution in [0.3, 0.4) is 0 Å². The van der Waals surface area contributed by atoms with Crippen LogP contribution in [0.15, 0.2) is 42.7 Å². The highest BCUT2D eigenvalue weighted by molar-refractivity contribution is 6.31. The number of pyridine rings is 1. The molecule has 180 valence electrons. The van der Waals surface area contributed by atoms with E-state index in [9.17, 15) is 18.8 Å². The Hall–Kier alpha value is -3.99. The van der Waals surface area contributed by atoms with Crippen molar-refractivity contribution >= 4 is 35.2 Å². The van der Waals surface area contributed by atoms with Crippen molar-refractivity contribution in [3.63, 3.8) is 0 Å². The van der Waals surface area contributed by atoms with Gasteiger partial charge in [0.05, 0.1) is 52.4 Å². The van der Waals surface area contributed by atoms with E-state index in [1.807, 2.05) is 0 Å². The summed E-state index contributed by atoms with van der Waals surface area (Å²) < 4.78 is 15.1. The molecule has 5 rings (SSSR count). The fourth-order valence-corrected chi connectivity index (χ4v) is 4.22. The van der Waals surface area contributed by atoms with Crippen molar-refractivity contribution in [1.29, 1.82) is 0 Å². The molecule has 3 amide bonds. The van der Waals surface area contributed by atoms with Crippen molar-refractivity contribution in [3.05, 3.63) is 76.1 Å². The van der Waals surface area contributed by atoms with E-state index in [2.05, 4.69) is 20.7 Å². The Morgan fingerprint density at radius 3 is 2.57 bits per heavy atom. The molecule has 0 radical (unpaired) electrons. The number of carbonyl (C=O) groups is 3. The number of aromatic carboxylic acids is 1. The number of hydrogen-bond donors (Lipinski definition) is 3. The standard InChI is InChI=1S/C23H20ClFN6O4/c24-16-9-14(2-3-17(16)25)28-22(35)30-7-8-31-18(12-30)15(11-27-31)20(32)29-23(5-6-23)19-4-1-13(10-26-19)21(33)34/h1-4,9-11H,5-8,12H2,(H,28,35)(H,29,32)(H,33,34). The third-order valence-electron chi connectivity index (χ3n) is 6.18. The Kier molecular flexibility index (Phi) is 5.64. The number of nitrogens with one attached hydrogen (secondary N) is 2. The first kappa shape index (κ1) is 22.8. The summed E-state index contributed by atoms with van der Waals surface area (Å²) in [7, 11) is 0. The molecule has 1 aromatic carbocycles. The first-order valence-corrected chi connectivity index (χ1v) is 11.2. The van der Waals surface area contributed by atoms with E-state index in [0.717, 1.165) is 0 Å². The van der Waals surface area contributed by atoms with Crippen LogP contribution in [0, 0.1) is 5.82 Å². The molecule has 0 spiro atoms. The lowest BCUT2D eigenvalue weighted by molar-refractivity contribution is 0.0695. The van der Waals surface area contributed by atoms with Gasteiger partial charge in [0.2, 0.25) is 0 Å². The fraction of sp³-hybridized carbons (Fsp3) is 0.261. The van der Waals surface area contributed by atoms with Crippen molar-refractivity contribution in [2.24, 2.45) is 0 Å². The number of anilines is 1. The van der Waals surface area contributed by atoms with Crippen LogP contribution in [-0.2, 0) is 18.6 Å². The van der Waals surface area contributed by atoms with Crippen LogP contribution in [0.25, 0.3) is 0 Å². The molecule has 0 unspecified atom stereocenters. The van der Waals surface area contributed by atoms with Gasteiger partial charge in [0.25, 0.3) is 5.91 Å². The molecule has 1 fully saturated rings. The average Bonchev–Trinajstić information content (AvgIpc) is 3.50. The van der Waals surface area contributed by atoms with Gasteiger partial charge in [0.1, 0.15) is 5.82 Å². The predicted molar refractivity (Wildman–Crippen MR) is 123 cm³/mol. The zero-order valence-corrected chi connectivity index (χ0v) is 19.0. The molecule has 35 heavy (non-hydrogen) atoms. The zero-order valence-electron chi connectivity index (χ0n) is 18.3. The number of aromatic nitrogens is 3. The number of urea groups is 1. The number of rotatable bonds is 5. The predicted octanol–water partition coefficient (Wildman–Crippen LogP) is 3.24. The van der Waals surface area contributed by atoms with Crippen molar-refractivity contribution in [2.75, 3.05) is 11.9 Å². The minimum Gasteiger partial charge on any atom is -0.478 e. The molecule has 3 N–H and O–H groups in total. The van der Waals surface area contributed by atoms with Crippen molar-refractivity contribution < 1.29 is 23.9 Å². The van der Waals surface area contributed by atoms with E-state index in [1.54, 1.807) is 10.7 Å². The Morgan fingerprint density at radius 2 is 1.91 bits per heavy atom. The van der Waals surface area contributed by atoms with Gasteiger partial charge >= 0.3 is 12.0 Å². The fourth-order valence-electron chi connectivity index (χ4n) is 4.04. The molecule has 0 saturated heterocycles. The largest absolute Gasteiger partial charge is 0.478 e. The van der Waals surface area contributed by atoms with Gasteiger partial charge < -0.3 is 20.6 Å². The number of benzene rings is 1. The molecule has 2 aliphatic rings. The van der Waals surface area contributed by atoms with Gasteiger partial charge in [-0.2, -0.15) is 5.10 Å². The van der Waals surface area contributed by atoms with Gasteiger partial charge in [0.15, 0.2) is 0 Å². The molecule has 1 aliphatic carbocycles. The number of amides is 3. The Balaban J connectivity index is 1.29. The SMILES string of the molecule is O=C(O)c1ccc(C2(NC(=O)c3cnn4c3CN(C(=O)Nc3ccc(F)c(Cl)c3)CC4)CC2)nc1. The van der Waals surface area contributed by atoms with E-state index in [-0.39, 0.29) is 23.0 Å². The van der Waals surface area contributed by atoms with Crippen LogP contribution in [0.4, 0.5) is 14.9 Å². The molecule has 3 aromatic rings. The van der Waals surface area contributed by atoms with Crippen LogP contribution in [-0.4, -0.2) is 49.2 Å². The highest BCUT2D eigenvalue weighted by Crippen LogP contribution is 2.44. The number of carboxylic acid groups (broad SMARTS) is 1. The quantitative estimate of drug-likeness (QED) is 0.495. The number of carbonyl (C=O) groups excluding carboxylic acids is 2. The molecule has 2 aromatic heterocycles. The molecule has 1 saturated carbocycles. The summed E-state index contributed by atoms with van der Waals surface area (Å²) in [6, 6.07) is 6.57. The van der Waals surface area contributed by atoms with Crippen LogP contribution >= 0.6 is 11.6 Å². The number of halogens is 2. The second-order valence-electron chi connectivity index (χ2n) is 8.48. The van der Waals surface area contributed by atoms with E-state index in [1.165, 1.54) is 41.6 Å². The normalized spacial score (nSPS) is 15.8. The molecule has 10 nitrogen and oxygen atoms in total. The minimum atomic E-state index is -1.07. The third kappa shape index (κ3) is 4.42. The van der Waals surface area contributed by atoms with Crippen LogP contribution in [0.2, 0.25) is 5.02 Å². The van der Waals surface area contributed by atoms with Crippen LogP contribution in [0.1, 0.15) is 44.9 Å². The second-order valence-corrected chi connectivity index (χ2v) is 8.89. The van der Waals surface area contributed by atoms with Crippen molar-refractivity contribution in [2.45, 2.75) is 31.5 Å². The summed E-state index contributed by atoms with van der Waals surface area (Å²) in [5.41, 5.74) is 1.30. The highest BCUT2D eigenvalue weighted by Gasteiger charge is 2.47. The molecule has 1 aliphatic heterocycles. The molecule has 3 heterocycles.